The molecule has 0 aliphatic carbocycles. The molecule has 4 rings (SSSR count). The molecule has 0 aliphatic rings. The van der Waals surface area contributed by atoms with E-state index in [1.54, 1.807) is 24.6 Å². The molecule has 0 amide bonds. The Morgan fingerprint density at radius 3 is 2.76 bits per heavy atom. The fourth-order valence-electron chi connectivity index (χ4n) is 3.36. The highest BCUT2D eigenvalue weighted by atomic mass is 16.5. The number of hydrogen-bond acceptors (Lipinski definition) is 5. The zero-order valence-electron chi connectivity index (χ0n) is 16.5. The van der Waals surface area contributed by atoms with Gasteiger partial charge in [-0.1, -0.05) is 6.07 Å². The molecular formula is C22H21N3O4. The number of rotatable bonds is 5. The third-order valence-electron chi connectivity index (χ3n) is 4.90. The van der Waals surface area contributed by atoms with E-state index < -0.39 is 5.97 Å². The van der Waals surface area contributed by atoms with Gasteiger partial charge in [0, 0.05) is 23.7 Å². The SMILES string of the molecule is Cc1ccc2nc(COC(=O)c3cc(C)n(Cc4ccco4)c3C)cc(=O)n2c1. The van der Waals surface area contributed by atoms with E-state index in [4.69, 9.17) is 9.15 Å². The van der Waals surface area contributed by atoms with Crippen molar-refractivity contribution in [2.75, 3.05) is 0 Å². The van der Waals surface area contributed by atoms with Gasteiger partial charge in [0.2, 0.25) is 0 Å². The number of furan rings is 1. The van der Waals surface area contributed by atoms with Crippen LogP contribution in [-0.4, -0.2) is 19.9 Å². The van der Waals surface area contributed by atoms with Gasteiger partial charge in [-0.15, -0.1) is 0 Å². The summed E-state index contributed by atoms with van der Waals surface area (Å²) in [6, 6.07) is 10.6. The monoisotopic (exact) mass is 391 g/mol. The number of nitrogens with zero attached hydrogens (tertiary/aromatic N) is 3. The van der Waals surface area contributed by atoms with Gasteiger partial charge in [0.25, 0.3) is 5.56 Å². The normalized spacial score (nSPS) is 11.1. The molecule has 4 heterocycles. The van der Waals surface area contributed by atoms with E-state index in [0.29, 0.717) is 23.4 Å². The highest BCUT2D eigenvalue weighted by Crippen LogP contribution is 2.19. The van der Waals surface area contributed by atoms with Crippen molar-refractivity contribution in [3.8, 4) is 0 Å². The van der Waals surface area contributed by atoms with Gasteiger partial charge >= 0.3 is 5.97 Å². The van der Waals surface area contributed by atoms with Crippen LogP contribution in [0.15, 0.2) is 58.1 Å². The van der Waals surface area contributed by atoms with E-state index in [1.807, 2.05) is 43.5 Å². The van der Waals surface area contributed by atoms with Crippen LogP contribution in [0.4, 0.5) is 0 Å². The number of fused-ring (bicyclic) bond motifs is 1. The molecule has 0 spiro atoms. The molecule has 0 fully saturated rings. The van der Waals surface area contributed by atoms with E-state index in [9.17, 15) is 9.59 Å². The van der Waals surface area contributed by atoms with Gasteiger partial charge < -0.3 is 13.7 Å². The molecule has 0 radical (unpaired) electrons. The minimum atomic E-state index is -0.449. The molecule has 0 bridgehead atoms. The Morgan fingerprint density at radius 1 is 1.17 bits per heavy atom. The zero-order chi connectivity index (χ0) is 20.5. The fourth-order valence-corrected chi connectivity index (χ4v) is 3.36. The number of hydrogen-bond donors (Lipinski definition) is 0. The van der Waals surface area contributed by atoms with E-state index >= 15 is 0 Å². The summed E-state index contributed by atoms with van der Waals surface area (Å²) in [5.41, 5.74) is 3.91. The first-order valence-corrected chi connectivity index (χ1v) is 9.27. The molecule has 0 saturated heterocycles. The summed E-state index contributed by atoms with van der Waals surface area (Å²) in [7, 11) is 0. The summed E-state index contributed by atoms with van der Waals surface area (Å²) in [4.78, 5) is 29.3. The molecule has 0 aromatic carbocycles. The molecule has 7 heteroatoms. The highest BCUT2D eigenvalue weighted by molar-refractivity contribution is 5.91. The van der Waals surface area contributed by atoms with Crippen molar-refractivity contribution in [3.05, 3.63) is 93.2 Å². The van der Waals surface area contributed by atoms with Gasteiger partial charge in [-0.3, -0.25) is 9.20 Å². The summed E-state index contributed by atoms with van der Waals surface area (Å²) in [5.74, 6) is 0.359. The molecule has 0 saturated carbocycles. The third kappa shape index (κ3) is 3.71. The Labute approximate surface area is 167 Å². The number of carbonyl (C=O) groups excluding carboxylic acids is 1. The maximum atomic E-state index is 12.6. The Morgan fingerprint density at radius 2 is 2.00 bits per heavy atom. The lowest BCUT2D eigenvalue weighted by Gasteiger charge is -2.08. The van der Waals surface area contributed by atoms with Crippen LogP contribution >= 0.6 is 0 Å². The molecule has 4 aromatic rings. The molecule has 0 N–H and O–H groups in total. The summed E-state index contributed by atoms with van der Waals surface area (Å²) < 4.78 is 14.3. The molecule has 0 atom stereocenters. The van der Waals surface area contributed by atoms with Crippen molar-refractivity contribution in [3.63, 3.8) is 0 Å². The molecule has 0 unspecified atom stereocenters. The topological polar surface area (TPSA) is 78.7 Å². The van der Waals surface area contributed by atoms with Gasteiger partial charge in [0.05, 0.1) is 24.1 Å². The second kappa shape index (κ2) is 7.43. The number of carbonyl (C=O) groups is 1. The Balaban J connectivity index is 1.52. The van der Waals surface area contributed by atoms with Crippen LogP contribution in [0.2, 0.25) is 0 Å². The maximum Gasteiger partial charge on any atom is 0.340 e. The highest BCUT2D eigenvalue weighted by Gasteiger charge is 2.18. The summed E-state index contributed by atoms with van der Waals surface area (Å²) in [6.07, 6.45) is 3.35. The van der Waals surface area contributed by atoms with Gasteiger partial charge in [0.15, 0.2) is 0 Å². The third-order valence-corrected chi connectivity index (χ3v) is 4.90. The first-order chi connectivity index (χ1) is 13.9. The van der Waals surface area contributed by atoms with Crippen LogP contribution in [0.25, 0.3) is 5.65 Å². The quantitative estimate of drug-likeness (QED) is 0.487. The van der Waals surface area contributed by atoms with Crippen molar-refractivity contribution in [2.24, 2.45) is 0 Å². The van der Waals surface area contributed by atoms with E-state index in [-0.39, 0.29) is 12.2 Å². The number of pyridine rings is 1. The number of aryl methyl sites for hydroxylation is 2. The summed E-state index contributed by atoms with van der Waals surface area (Å²) in [6.45, 7) is 6.18. The lowest BCUT2D eigenvalue weighted by molar-refractivity contribution is 0.0466. The predicted octanol–water partition coefficient (Wildman–Crippen LogP) is 3.42. The van der Waals surface area contributed by atoms with Crippen LogP contribution in [0.1, 0.15) is 38.8 Å². The lowest BCUT2D eigenvalue weighted by Crippen LogP contribution is -2.17. The van der Waals surface area contributed by atoms with Crippen molar-refractivity contribution in [1.82, 2.24) is 14.0 Å². The van der Waals surface area contributed by atoms with Crippen LogP contribution in [-0.2, 0) is 17.9 Å². The average molecular weight is 391 g/mol. The van der Waals surface area contributed by atoms with E-state index in [2.05, 4.69) is 4.98 Å². The summed E-state index contributed by atoms with van der Waals surface area (Å²) >= 11 is 0. The Kier molecular flexibility index (Phi) is 4.80. The minimum absolute atomic E-state index is 0.0691. The van der Waals surface area contributed by atoms with Crippen LogP contribution < -0.4 is 5.56 Å². The van der Waals surface area contributed by atoms with E-state index in [0.717, 1.165) is 22.7 Å². The van der Waals surface area contributed by atoms with Crippen molar-refractivity contribution in [2.45, 2.75) is 33.9 Å². The van der Waals surface area contributed by atoms with Gasteiger partial charge in [-0.2, -0.15) is 0 Å². The molecule has 4 aromatic heterocycles. The first-order valence-electron chi connectivity index (χ1n) is 9.27. The van der Waals surface area contributed by atoms with Gasteiger partial charge in [0.1, 0.15) is 18.0 Å². The average Bonchev–Trinajstić information content (AvgIpc) is 3.30. The Bertz CT molecular complexity index is 1250. The van der Waals surface area contributed by atoms with Crippen molar-refractivity contribution >= 4 is 11.6 Å². The van der Waals surface area contributed by atoms with Crippen LogP contribution in [0, 0.1) is 20.8 Å². The predicted molar refractivity (Wildman–Crippen MR) is 107 cm³/mol. The van der Waals surface area contributed by atoms with E-state index in [1.165, 1.54) is 10.5 Å². The molecule has 7 nitrogen and oxygen atoms in total. The second-order valence-corrected chi connectivity index (χ2v) is 7.05. The molecule has 148 valence electrons. The molecule has 0 aliphatic heterocycles. The molecular weight excluding hydrogens is 370 g/mol. The summed E-state index contributed by atoms with van der Waals surface area (Å²) in [5, 5.41) is 0. The van der Waals surface area contributed by atoms with Crippen molar-refractivity contribution < 1.29 is 13.9 Å². The number of aromatic nitrogens is 3. The Hall–Kier alpha value is -3.61. The van der Waals surface area contributed by atoms with Gasteiger partial charge in [-0.25, -0.2) is 9.78 Å². The number of ether oxygens (including phenoxy) is 1. The zero-order valence-corrected chi connectivity index (χ0v) is 16.5. The lowest BCUT2D eigenvalue weighted by atomic mass is 10.2. The van der Waals surface area contributed by atoms with Crippen LogP contribution in [0.3, 0.4) is 0 Å². The minimum Gasteiger partial charge on any atom is -0.467 e. The number of esters is 1. The fraction of sp³-hybridized carbons (Fsp3) is 0.227. The maximum absolute atomic E-state index is 12.6. The molecule has 29 heavy (non-hydrogen) atoms. The first kappa shape index (κ1) is 18.7. The van der Waals surface area contributed by atoms with Gasteiger partial charge in [-0.05, 0) is 50.6 Å². The largest absolute Gasteiger partial charge is 0.467 e. The van der Waals surface area contributed by atoms with Crippen molar-refractivity contribution in [1.29, 1.82) is 0 Å². The standard InChI is InChI=1S/C22H21N3O4/c1-14-6-7-20-23-17(10-21(26)25(20)11-14)13-29-22(27)19-9-15(2)24(16(19)3)12-18-5-4-8-28-18/h4-11H,12-13H2,1-3H3. The second-order valence-electron chi connectivity index (χ2n) is 7.05. The van der Waals surface area contributed by atoms with Crippen LogP contribution in [0.5, 0.6) is 0 Å². The smallest absolute Gasteiger partial charge is 0.340 e.